The van der Waals surface area contributed by atoms with Crippen molar-refractivity contribution in [1.29, 1.82) is 0 Å². The highest BCUT2D eigenvalue weighted by Crippen LogP contribution is 2.43. The van der Waals surface area contributed by atoms with E-state index in [0.29, 0.717) is 5.41 Å². The molecule has 0 spiro atoms. The first-order valence-electron chi connectivity index (χ1n) is 6.62. The Bertz CT molecular complexity index is 202. The molecule has 2 rings (SSSR count). The average molecular weight is 209 g/mol. The summed E-state index contributed by atoms with van der Waals surface area (Å²) in [6.07, 6.45) is 5.92. The number of likely N-dealkylation sites (tertiary alicyclic amines) is 1. The van der Waals surface area contributed by atoms with Gasteiger partial charge >= 0.3 is 0 Å². The van der Waals surface area contributed by atoms with Gasteiger partial charge < -0.3 is 4.90 Å². The van der Waals surface area contributed by atoms with Crippen LogP contribution in [0, 0.1) is 23.2 Å². The third-order valence-corrected chi connectivity index (χ3v) is 4.33. The zero-order valence-corrected chi connectivity index (χ0v) is 10.9. The molecule has 0 radical (unpaired) electrons. The summed E-state index contributed by atoms with van der Waals surface area (Å²) in [7, 11) is 2.28. The van der Waals surface area contributed by atoms with E-state index in [-0.39, 0.29) is 0 Å². The summed E-state index contributed by atoms with van der Waals surface area (Å²) >= 11 is 0. The van der Waals surface area contributed by atoms with Gasteiger partial charge in [0, 0.05) is 13.1 Å². The molecule has 88 valence electrons. The molecule has 1 heteroatoms. The fourth-order valence-corrected chi connectivity index (χ4v) is 3.53. The second-order valence-electron chi connectivity index (χ2n) is 7.18. The van der Waals surface area contributed by atoms with Gasteiger partial charge in [0.05, 0.1) is 0 Å². The molecule has 1 heterocycles. The summed E-state index contributed by atoms with van der Waals surface area (Å²) in [5, 5.41) is 0. The number of hydrogen-bond donors (Lipinski definition) is 0. The number of rotatable bonds is 2. The first-order valence-corrected chi connectivity index (χ1v) is 6.62. The molecule has 1 nitrogen and oxygen atoms in total. The van der Waals surface area contributed by atoms with Crippen LogP contribution < -0.4 is 0 Å². The molecule has 0 bridgehead atoms. The van der Waals surface area contributed by atoms with Gasteiger partial charge in [-0.25, -0.2) is 0 Å². The molecule has 0 aromatic rings. The van der Waals surface area contributed by atoms with Crippen molar-refractivity contribution in [2.24, 2.45) is 23.2 Å². The van der Waals surface area contributed by atoms with Crippen molar-refractivity contribution in [2.45, 2.75) is 46.5 Å². The van der Waals surface area contributed by atoms with Crippen molar-refractivity contribution in [1.82, 2.24) is 4.90 Å². The van der Waals surface area contributed by atoms with Crippen molar-refractivity contribution in [3.05, 3.63) is 0 Å². The molecule has 2 atom stereocenters. The molecule has 2 fully saturated rings. The lowest BCUT2D eigenvalue weighted by molar-refractivity contribution is 0.298. The summed E-state index contributed by atoms with van der Waals surface area (Å²) in [5.74, 6) is 3.13. The summed E-state index contributed by atoms with van der Waals surface area (Å²) in [6, 6.07) is 0. The second kappa shape index (κ2) is 4.08. The van der Waals surface area contributed by atoms with Gasteiger partial charge in [-0.2, -0.15) is 0 Å². The minimum atomic E-state index is 0.536. The lowest BCUT2D eigenvalue weighted by Gasteiger charge is -2.21. The van der Waals surface area contributed by atoms with Crippen LogP contribution in [0.5, 0.6) is 0 Å². The highest BCUT2D eigenvalue weighted by atomic mass is 15.1. The maximum absolute atomic E-state index is 2.52. The Kier molecular flexibility index (Phi) is 3.12. The summed E-state index contributed by atoms with van der Waals surface area (Å²) < 4.78 is 0. The number of nitrogens with zero attached hydrogens (tertiary/aromatic N) is 1. The molecule has 1 saturated heterocycles. The van der Waals surface area contributed by atoms with Gasteiger partial charge in [0.1, 0.15) is 0 Å². The van der Waals surface area contributed by atoms with E-state index in [1.807, 2.05) is 0 Å². The van der Waals surface area contributed by atoms with Crippen LogP contribution in [0.3, 0.4) is 0 Å². The van der Waals surface area contributed by atoms with E-state index in [1.165, 1.54) is 38.8 Å². The maximum atomic E-state index is 2.52. The normalized spacial score (nSPS) is 37.2. The van der Waals surface area contributed by atoms with E-state index >= 15 is 0 Å². The Morgan fingerprint density at radius 3 is 2.07 bits per heavy atom. The summed E-state index contributed by atoms with van der Waals surface area (Å²) in [6.45, 7) is 9.86. The number of hydrogen-bond acceptors (Lipinski definition) is 1. The van der Waals surface area contributed by atoms with Crippen molar-refractivity contribution >= 4 is 0 Å². The van der Waals surface area contributed by atoms with Crippen molar-refractivity contribution < 1.29 is 0 Å². The lowest BCUT2D eigenvalue weighted by atomic mass is 9.86. The predicted molar refractivity (Wildman–Crippen MR) is 65.9 cm³/mol. The molecule has 0 N–H and O–H groups in total. The third kappa shape index (κ3) is 2.96. The van der Waals surface area contributed by atoms with Crippen LogP contribution in [0.25, 0.3) is 0 Å². The van der Waals surface area contributed by atoms with Gasteiger partial charge in [0.2, 0.25) is 0 Å². The Morgan fingerprint density at radius 2 is 1.60 bits per heavy atom. The molecule has 15 heavy (non-hydrogen) atoms. The largest absolute Gasteiger partial charge is 0.306 e. The van der Waals surface area contributed by atoms with Crippen molar-refractivity contribution in [3.8, 4) is 0 Å². The Morgan fingerprint density at radius 1 is 1.07 bits per heavy atom. The molecule has 1 aliphatic carbocycles. The first kappa shape index (κ1) is 11.4. The molecule has 0 aromatic heterocycles. The molecule has 2 aliphatic rings. The predicted octanol–water partition coefficient (Wildman–Crippen LogP) is 3.40. The Balaban J connectivity index is 1.75. The molecule has 1 saturated carbocycles. The third-order valence-electron chi connectivity index (χ3n) is 4.33. The fraction of sp³-hybridized carbons (Fsp3) is 1.00. The molecular formula is C14H27N. The standard InChI is InChI=1S/C14H27N/c1-14(2,3)6-5-11-7-12-9-15(4)10-13(12)8-11/h11-13H,5-10H2,1-4H3. The van der Waals surface area contributed by atoms with Gasteiger partial charge in [-0.1, -0.05) is 20.8 Å². The van der Waals surface area contributed by atoms with E-state index in [0.717, 1.165) is 17.8 Å². The van der Waals surface area contributed by atoms with Gasteiger partial charge in [0.15, 0.2) is 0 Å². The molecular weight excluding hydrogens is 182 g/mol. The lowest BCUT2D eigenvalue weighted by Crippen LogP contribution is -2.17. The SMILES string of the molecule is CN1CC2CC(CCC(C)(C)C)CC2C1. The van der Waals surface area contributed by atoms with E-state index in [2.05, 4.69) is 32.7 Å². The highest BCUT2D eigenvalue weighted by molar-refractivity contribution is 4.91. The van der Waals surface area contributed by atoms with Crippen LogP contribution in [-0.2, 0) is 0 Å². The Hall–Kier alpha value is -0.0400. The van der Waals surface area contributed by atoms with Crippen LogP contribution in [-0.4, -0.2) is 25.0 Å². The smallest absolute Gasteiger partial charge is 0.000996 e. The quantitative estimate of drug-likeness (QED) is 0.674. The van der Waals surface area contributed by atoms with Gasteiger partial charge in [0.25, 0.3) is 0 Å². The minimum Gasteiger partial charge on any atom is -0.306 e. The molecule has 0 amide bonds. The van der Waals surface area contributed by atoms with Crippen LogP contribution in [0.15, 0.2) is 0 Å². The van der Waals surface area contributed by atoms with Crippen LogP contribution in [0.4, 0.5) is 0 Å². The van der Waals surface area contributed by atoms with E-state index in [1.54, 1.807) is 0 Å². The minimum absolute atomic E-state index is 0.536. The summed E-state index contributed by atoms with van der Waals surface area (Å²) in [4.78, 5) is 2.52. The highest BCUT2D eigenvalue weighted by Gasteiger charge is 2.39. The van der Waals surface area contributed by atoms with Gasteiger partial charge in [-0.05, 0) is 55.9 Å². The second-order valence-corrected chi connectivity index (χ2v) is 7.18. The first-order chi connectivity index (χ1) is 6.94. The van der Waals surface area contributed by atoms with E-state index < -0.39 is 0 Å². The fourth-order valence-electron chi connectivity index (χ4n) is 3.53. The van der Waals surface area contributed by atoms with Gasteiger partial charge in [-0.3, -0.25) is 0 Å². The average Bonchev–Trinajstić information content (AvgIpc) is 2.55. The molecule has 0 aromatic carbocycles. The topological polar surface area (TPSA) is 3.24 Å². The molecule has 1 aliphatic heterocycles. The van der Waals surface area contributed by atoms with Crippen LogP contribution in [0.2, 0.25) is 0 Å². The zero-order chi connectivity index (χ0) is 11.1. The van der Waals surface area contributed by atoms with Crippen molar-refractivity contribution in [3.63, 3.8) is 0 Å². The van der Waals surface area contributed by atoms with Gasteiger partial charge in [-0.15, -0.1) is 0 Å². The van der Waals surface area contributed by atoms with E-state index in [4.69, 9.17) is 0 Å². The van der Waals surface area contributed by atoms with Crippen molar-refractivity contribution in [2.75, 3.05) is 20.1 Å². The zero-order valence-electron chi connectivity index (χ0n) is 10.9. The van der Waals surface area contributed by atoms with E-state index in [9.17, 15) is 0 Å². The number of fused-ring (bicyclic) bond motifs is 1. The maximum Gasteiger partial charge on any atom is 0.000996 e. The Labute approximate surface area is 95.2 Å². The molecule has 2 unspecified atom stereocenters. The monoisotopic (exact) mass is 209 g/mol. The van der Waals surface area contributed by atoms with Crippen LogP contribution >= 0.6 is 0 Å². The van der Waals surface area contributed by atoms with Crippen LogP contribution in [0.1, 0.15) is 46.5 Å². The summed E-state index contributed by atoms with van der Waals surface area (Å²) in [5.41, 5.74) is 0.536.